The number of amides is 3. The van der Waals surface area contributed by atoms with Crippen LogP contribution in [-0.2, 0) is 9.59 Å². The van der Waals surface area contributed by atoms with Gasteiger partial charge in [-0.15, -0.1) is 0 Å². The first-order valence-corrected chi connectivity index (χ1v) is 6.51. The van der Waals surface area contributed by atoms with Gasteiger partial charge in [0.15, 0.2) is 0 Å². The van der Waals surface area contributed by atoms with E-state index in [1.807, 2.05) is 0 Å². The molecule has 3 N–H and O–H groups in total. The molecule has 0 aromatic rings. The van der Waals surface area contributed by atoms with Gasteiger partial charge in [0.05, 0.1) is 0 Å². The largest absolute Gasteiger partial charge is 0.480 e. The van der Waals surface area contributed by atoms with Gasteiger partial charge in [-0.05, 0) is 19.8 Å². The van der Waals surface area contributed by atoms with Crippen molar-refractivity contribution in [2.75, 3.05) is 19.6 Å². The zero-order chi connectivity index (χ0) is 14.4. The molecule has 1 aliphatic carbocycles. The monoisotopic (exact) mass is 271 g/mol. The molecule has 0 bridgehead atoms. The van der Waals surface area contributed by atoms with E-state index in [0.29, 0.717) is 6.54 Å². The Morgan fingerprint density at radius 2 is 1.79 bits per heavy atom. The molecule has 3 amide bonds. The van der Waals surface area contributed by atoms with E-state index in [0.717, 1.165) is 25.7 Å². The summed E-state index contributed by atoms with van der Waals surface area (Å²) in [6.07, 6.45) is 3.62. The summed E-state index contributed by atoms with van der Waals surface area (Å²) < 4.78 is 0. The predicted molar refractivity (Wildman–Crippen MR) is 68.4 cm³/mol. The molecule has 108 valence electrons. The van der Waals surface area contributed by atoms with E-state index in [1.165, 1.54) is 9.80 Å². The molecular weight excluding hydrogens is 250 g/mol. The van der Waals surface area contributed by atoms with Crippen LogP contribution in [0.1, 0.15) is 32.6 Å². The molecular formula is C12H21N3O4. The standard InChI is InChI=1S/C12H21N3O4/c1-2-14(7-10(13)16)12(19)15(8-11(17)18)9-5-3-4-6-9/h9H,2-8H2,1H3,(H2,13,16)(H,17,18). The van der Waals surface area contributed by atoms with Crippen LogP contribution in [0.15, 0.2) is 0 Å². The van der Waals surface area contributed by atoms with Crippen LogP contribution in [0.3, 0.4) is 0 Å². The molecule has 0 atom stereocenters. The van der Waals surface area contributed by atoms with Gasteiger partial charge in [0.25, 0.3) is 0 Å². The van der Waals surface area contributed by atoms with Gasteiger partial charge in [0.1, 0.15) is 13.1 Å². The van der Waals surface area contributed by atoms with E-state index >= 15 is 0 Å². The van der Waals surface area contributed by atoms with Gasteiger partial charge in [-0.3, -0.25) is 9.59 Å². The molecule has 0 radical (unpaired) electrons. The highest BCUT2D eigenvalue weighted by atomic mass is 16.4. The van der Waals surface area contributed by atoms with Crippen molar-refractivity contribution < 1.29 is 19.5 Å². The number of hydrogen-bond acceptors (Lipinski definition) is 3. The summed E-state index contributed by atoms with van der Waals surface area (Å²) in [6, 6.07) is -0.471. The number of primary amides is 1. The Morgan fingerprint density at radius 1 is 1.21 bits per heavy atom. The van der Waals surface area contributed by atoms with E-state index in [1.54, 1.807) is 6.92 Å². The number of nitrogens with zero attached hydrogens (tertiary/aromatic N) is 2. The van der Waals surface area contributed by atoms with Gasteiger partial charge < -0.3 is 20.6 Å². The van der Waals surface area contributed by atoms with Crippen LogP contribution in [0.2, 0.25) is 0 Å². The number of nitrogens with two attached hydrogens (primary N) is 1. The topological polar surface area (TPSA) is 104 Å². The second kappa shape index (κ2) is 6.96. The van der Waals surface area contributed by atoms with Gasteiger partial charge in [-0.1, -0.05) is 12.8 Å². The molecule has 1 saturated carbocycles. The maximum absolute atomic E-state index is 12.3. The van der Waals surface area contributed by atoms with Crippen molar-refractivity contribution in [3.05, 3.63) is 0 Å². The predicted octanol–water partition coefficient (Wildman–Crippen LogP) is 0.243. The smallest absolute Gasteiger partial charge is 0.323 e. The first-order chi connectivity index (χ1) is 8.95. The van der Waals surface area contributed by atoms with Crippen molar-refractivity contribution in [2.45, 2.75) is 38.6 Å². The molecule has 0 aromatic carbocycles. The SMILES string of the molecule is CCN(CC(N)=O)C(=O)N(CC(=O)O)C1CCCC1. The first-order valence-electron chi connectivity index (χ1n) is 6.51. The minimum atomic E-state index is -1.05. The molecule has 7 heteroatoms. The molecule has 0 unspecified atom stereocenters. The number of hydrogen-bond donors (Lipinski definition) is 2. The Balaban J connectivity index is 2.78. The molecule has 0 aromatic heterocycles. The highest BCUT2D eigenvalue weighted by Gasteiger charge is 2.31. The zero-order valence-electron chi connectivity index (χ0n) is 11.2. The zero-order valence-corrected chi connectivity index (χ0v) is 11.2. The summed E-state index contributed by atoms with van der Waals surface area (Å²) in [5.41, 5.74) is 5.09. The highest BCUT2D eigenvalue weighted by molar-refractivity contribution is 5.85. The Morgan fingerprint density at radius 3 is 2.21 bits per heavy atom. The van der Waals surface area contributed by atoms with Gasteiger partial charge in [0.2, 0.25) is 5.91 Å². The second-order valence-corrected chi connectivity index (χ2v) is 4.72. The lowest BCUT2D eigenvalue weighted by Gasteiger charge is -2.32. The molecule has 0 aliphatic heterocycles. The Kier molecular flexibility index (Phi) is 5.59. The number of urea groups is 1. The molecule has 0 heterocycles. The Labute approximate surface area is 112 Å². The fraction of sp³-hybridized carbons (Fsp3) is 0.750. The van der Waals surface area contributed by atoms with Crippen LogP contribution in [0.25, 0.3) is 0 Å². The van der Waals surface area contributed by atoms with Crippen molar-refractivity contribution in [3.8, 4) is 0 Å². The Hall–Kier alpha value is -1.79. The number of aliphatic carboxylic acids is 1. The van der Waals surface area contributed by atoms with E-state index in [2.05, 4.69) is 0 Å². The number of likely N-dealkylation sites (N-methyl/N-ethyl adjacent to an activating group) is 1. The van der Waals surface area contributed by atoms with E-state index in [-0.39, 0.29) is 19.1 Å². The number of carbonyl (C=O) groups excluding carboxylic acids is 2. The van der Waals surface area contributed by atoms with E-state index in [4.69, 9.17) is 10.8 Å². The van der Waals surface area contributed by atoms with Gasteiger partial charge in [0, 0.05) is 12.6 Å². The first kappa shape index (κ1) is 15.3. The fourth-order valence-corrected chi connectivity index (χ4v) is 2.40. The molecule has 1 aliphatic rings. The van der Waals surface area contributed by atoms with E-state index < -0.39 is 17.9 Å². The quantitative estimate of drug-likeness (QED) is 0.722. The summed E-state index contributed by atoms with van der Waals surface area (Å²) in [4.78, 5) is 36.8. The van der Waals surface area contributed by atoms with Crippen LogP contribution in [0.4, 0.5) is 4.79 Å². The third-order valence-corrected chi connectivity index (χ3v) is 3.32. The average molecular weight is 271 g/mol. The van der Waals surface area contributed by atoms with Gasteiger partial charge in [-0.2, -0.15) is 0 Å². The maximum Gasteiger partial charge on any atom is 0.323 e. The molecule has 19 heavy (non-hydrogen) atoms. The maximum atomic E-state index is 12.3. The van der Waals surface area contributed by atoms with Gasteiger partial charge >= 0.3 is 12.0 Å². The summed E-state index contributed by atoms with van der Waals surface area (Å²) in [6.45, 7) is 1.54. The molecule has 1 fully saturated rings. The lowest BCUT2D eigenvalue weighted by Crippen LogP contribution is -2.51. The minimum absolute atomic E-state index is 0.0504. The molecule has 0 saturated heterocycles. The fourth-order valence-electron chi connectivity index (χ4n) is 2.40. The second-order valence-electron chi connectivity index (χ2n) is 4.72. The number of carboxylic acids is 1. The van der Waals surface area contributed by atoms with E-state index in [9.17, 15) is 14.4 Å². The number of carbonyl (C=O) groups is 3. The third-order valence-electron chi connectivity index (χ3n) is 3.32. The summed E-state index contributed by atoms with van der Waals surface area (Å²) in [5.74, 6) is -1.65. The molecule has 0 spiro atoms. The van der Waals surface area contributed by atoms with Crippen LogP contribution in [-0.4, -0.2) is 58.5 Å². The van der Waals surface area contributed by atoms with Crippen LogP contribution >= 0.6 is 0 Å². The highest BCUT2D eigenvalue weighted by Crippen LogP contribution is 2.24. The van der Waals surface area contributed by atoms with Crippen LogP contribution in [0.5, 0.6) is 0 Å². The molecule has 7 nitrogen and oxygen atoms in total. The summed E-state index contributed by atoms with van der Waals surface area (Å²) in [7, 11) is 0. The minimum Gasteiger partial charge on any atom is -0.480 e. The normalized spacial score (nSPS) is 15.2. The lowest BCUT2D eigenvalue weighted by molar-refractivity contribution is -0.138. The third kappa shape index (κ3) is 4.42. The van der Waals surface area contributed by atoms with Crippen molar-refractivity contribution in [2.24, 2.45) is 5.73 Å². The summed E-state index contributed by atoms with van der Waals surface area (Å²) >= 11 is 0. The summed E-state index contributed by atoms with van der Waals surface area (Å²) in [5, 5.41) is 8.93. The van der Waals surface area contributed by atoms with Crippen molar-refractivity contribution >= 4 is 17.9 Å². The van der Waals surface area contributed by atoms with Crippen molar-refractivity contribution in [1.82, 2.24) is 9.80 Å². The number of carboxylic acid groups (broad SMARTS) is 1. The van der Waals surface area contributed by atoms with Crippen molar-refractivity contribution in [1.29, 1.82) is 0 Å². The lowest BCUT2D eigenvalue weighted by atomic mass is 10.2. The van der Waals surface area contributed by atoms with Crippen LogP contribution in [0, 0.1) is 0 Å². The molecule has 1 rings (SSSR count). The van der Waals surface area contributed by atoms with Crippen LogP contribution < -0.4 is 5.73 Å². The average Bonchev–Trinajstić information content (AvgIpc) is 2.85. The Bertz CT molecular complexity index is 353. The number of rotatable bonds is 6. The van der Waals surface area contributed by atoms with Gasteiger partial charge in [-0.25, -0.2) is 4.79 Å². The van der Waals surface area contributed by atoms with Crippen molar-refractivity contribution in [3.63, 3.8) is 0 Å².